The first-order chi connectivity index (χ1) is 13.2. The lowest BCUT2D eigenvalue weighted by Crippen LogP contribution is -2.62. The van der Waals surface area contributed by atoms with Crippen LogP contribution in [0.1, 0.15) is 36.0 Å². The van der Waals surface area contributed by atoms with Crippen LogP contribution in [0.15, 0.2) is 6.07 Å². The van der Waals surface area contributed by atoms with Crippen LogP contribution in [0, 0.1) is 17.5 Å². The second kappa shape index (κ2) is 7.33. The van der Waals surface area contributed by atoms with Gasteiger partial charge in [-0.2, -0.15) is 0 Å². The third-order valence-electron chi connectivity index (χ3n) is 5.45. The highest BCUT2D eigenvalue weighted by Crippen LogP contribution is 2.40. The zero-order chi connectivity index (χ0) is 20.6. The van der Waals surface area contributed by atoms with E-state index in [-0.39, 0.29) is 19.0 Å². The maximum Gasteiger partial charge on any atom is 0.260 e. The minimum absolute atomic E-state index is 0.0910. The van der Waals surface area contributed by atoms with Crippen molar-refractivity contribution in [1.82, 2.24) is 15.1 Å². The van der Waals surface area contributed by atoms with Gasteiger partial charge in [-0.05, 0) is 25.7 Å². The summed E-state index contributed by atoms with van der Waals surface area (Å²) >= 11 is 0. The van der Waals surface area contributed by atoms with Crippen molar-refractivity contribution in [3.05, 3.63) is 29.1 Å². The monoisotopic (exact) mass is 398 g/mol. The molecule has 2 saturated heterocycles. The maximum absolute atomic E-state index is 14.4. The first-order valence-electron chi connectivity index (χ1n) is 8.98. The van der Waals surface area contributed by atoms with E-state index in [0.717, 1.165) is 4.90 Å². The number of likely N-dealkylation sites (tertiary alicyclic amines) is 2. The quantitative estimate of drug-likeness (QED) is 0.587. The van der Waals surface area contributed by atoms with Crippen LogP contribution < -0.4 is 11.1 Å². The van der Waals surface area contributed by atoms with Gasteiger partial charge in [-0.15, -0.1) is 0 Å². The summed E-state index contributed by atoms with van der Waals surface area (Å²) in [4.78, 5) is 40.2. The number of piperidine rings is 1. The van der Waals surface area contributed by atoms with Gasteiger partial charge in [-0.1, -0.05) is 0 Å². The normalized spacial score (nSPS) is 22.1. The van der Waals surface area contributed by atoms with E-state index in [9.17, 15) is 27.6 Å². The summed E-state index contributed by atoms with van der Waals surface area (Å²) in [6.07, 6.45) is 1.56. The van der Waals surface area contributed by atoms with Crippen LogP contribution in [0.5, 0.6) is 0 Å². The maximum atomic E-state index is 14.4. The number of carbonyl (C=O) groups is 3. The highest BCUT2D eigenvalue weighted by atomic mass is 19.2. The summed E-state index contributed by atoms with van der Waals surface area (Å²) in [5, 5.41) is 2.43. The summed E-state index contributed by atoms with van der Waals surface area (Å²) in [6.45, 7) is 0.258. The van der Waals surface area contributed by atoms with Crippen molar-refractivity contribution in [2.75, 3.05) is 32.4 Å². The molecular formula is C18H21F3N4O3. The van der Waals surface area contributed by atoms with Crippen molar-refractivity contribution in [3.63, 3.8) is 0 Å². The molecule has 1 spiro atoms. The predicted molar refractivity (Wildman–Crippen MR) is 93.6 cm³/mol. The molecule has 0 saturated carbocycles. The molecule has 1 aromatic carbocycles. The fraction of sp³-hybridized carbons (Fsp3) is 0.500. The van der Waals surface area contributed by atoms with E-state index in [0.29, 0.717) is 38.3 Å². The van der Waals surface area contributed by atoms with Gasteiger partial charge >= 0.3 is 0 Å². The van der Waals surface area contributed by atoms with Crippen molar-refractivity contribution >= 4 is 23.4 Å². The Morgan fingerprint density at radius 1 is 1.18 bits per heavy atom. The number of anilines is 1. The molecule has 28 heavy (non-hydrogen) atoms. The van der Waals surface area contributed by atoms with E-state index in [2.05, 4.69) is 5.32 Å². The lowest BCUT2D eigenvalue weighted by molar-refractivity contribution is -0.148. The van der Waals surface area contributed by atoms with Gasteiger partial charge in [0.25, 0.3) is 5.91 Å². The Labute approximate surface area is 159 Å². The van der Waals surface area contributed by atoms with Crippen LogP contribution in [-0.2, 0) is 9.59 Å². The first kappa shape index (κ1) is 20.0. The van der Waals surface area contributed by atoms with Crippen molar-refractivity contribution in [1.29, 1.82) is 0 Å². The molecule has 0 aliphatic carbocycles. The van der Waals surface area contributed by atoms with Crippen molar-refractivity contribution in [2.45, 2.75) is 31.2 Å². The number of carbonyl (C=O) groups excluding carboxylic acids is 3. The Morgan fingerprint density at radius 2 is 1.82 bits per heavy atom. The number of hydrogen-bond donors (Lipinski definition) is 2. The molecule has 1 aromatic rings. The second-order valence-corrected chi connectivity index (χ2v) is 7.05. The highest BCUT2D eigenvalue weighted by Gasteiger charge is 2.53. The number of benzene rings is 1. The summed E-state index contributed by atoms with van der Waals surface area (Å²) < 4.78 is 42.3. The third kappa shape index (κ3) is 3.06. The van der Waals surface area contributed by atoms with Crippen LogP contribution in [0.2, 0.25) is 0 Å². The molecule has 2 aliphatic rings. The number of nitrogen functional groups attached to an aromatic ring is 1. The first-order valence-corrected chi connectivity index (χ1v) is 8.98. The second-order valence-electron chi connectivity index (χ2n) is 7.05. The van der Waals surface area contributed by atoms with Crippen LogP contribution in [0.3, 0.4) is 0 Å². The summed E-state index contributed by atoms with van der Waals surface area (Å²) in [5.74, 6) is -6.35. The molecule has 2 fully saturated rings. The Kier molecular flexibility index (Phi) is 5.22. The van der Waals surface area contributed by atoms with Crippen molar-refractivity contribution in [2.24, 2.45) is 0 Å². The number of likely N-dealkylation sites (N-methyl/N-ethyl adjacent to an activating group) is 1. The minimum Gasteiger partial charge on any atom is -0.396 e. The Bertz CT molecular complexity index is 822. The largest absolute Gasteiger partial charge is 0.396 e. The van der Waals surface area contributed by atoms with Crippen LogP contribution in [-0.4, -0.2) is 59.7 Å². The molecule has 2 heterocycles. The van der Waals surface area contributed by atoms with Gasteiger partial charge in [0, 0.05) is 26.2 Å². The standard InChI is InChI=1S/C18H21F3N4O3/c1-23-12(26)9-24-6-2-4-18(17(24)28)5-3-7-25(18)16(27)13-14(20)10(19)8-11(22)15(13)21/h8H,2-7,9,22H2,1H3,(H,23,26)/t18-/m0/s1. The van der Waals surface area contributed by atoms with Gasteiger partial charge in [0.2, 0.25) is 11.8 Å². The Morgan fingerprint density at radius 3 is 2.46 bits per heavy atom. The van der Waals surface area contributed by atoms with Gasteiger partial charge in [-0.3, -0.25) is 14.4 Å². The van der Waals surface area contributed by atoms with Crippen LogP contribution in [0.25, 0.3) is 0 Å². The van der Waals surface area contributed by atoms with Crippen LogP contribution in [0.4, 0.5) is 18.9 Å². The van der Waals surface area contributed by atoms with E-state index in [1.54, 1.807) is 0 Å². The van der Waals surface area contributed by atoms with E-state index >= 15 is 0 Å². The van der Waals surface area contributed by atoms with E-state index in [1.165, 1.54) is 11.9 Å². The molecular weight excluding hydrogens is 377 g/mol. The summed E-state index contributed by atoms with van der Waals surface area (Å²) in [7, 11) is 1.44. The summed E-state index contributed by atoms with van der Waals surface area (Å²) in [6, 6.07) is 0.470. The van der Waals surface area contributed by atoms with Crippen molar-refractivity contribution < 1.29 is 27.6 Å². The number of halogens is 3. The van der Waals surface area contributed by atoms with Gasteiger partial charge in [0.05, 0.1) is 12.2 Å². The molecule has 152 valence electrons. The molecule has 3 rings (SSSR count). The van der Waals surface area contributed by atoms with Crippen molar-refractivity contribution in [3.8, 4) is 0 Å². The zero-order valence-electron chi connectivity index (χ0n) is 15.4. The molecule has 2 aliphatic heterocycles. The number of nitrogens with one attached hydrogen (secondary N) is 1. The van der Waals surface area contributed by atoms with E-state index in [1.807, 2.05) is 0 Å². The molecule has 10 heteroatoms. The van der Waals surface area contributed by atoms with Gasteiger partial charge in [0.15, 0.2) is 17.5 Å². The van der Waals surface area contributed by atoms with Crippen LogP contribution >= 0.6 is 0 Å². The Balaban J connectivity index is 1.98. The molecule has 3 N–H and O–H groups in total. The fourth-order valence-electron chi connectivity index (χ4n) is 4.07. The lowest BCUT2D eigenvalue weighted by Gasteiger charge is -2.44. The van der Waals surface area contributed by atoms with Gasteiger partial charge in [-0.25, -0.2) is 13.2 Å². The smallest absolute Gasteiger partial charge is 0.260 e. The number of nitrogens with two attached hydrogens (primary N) is 1. The molecule has 0 unspecified atom stereocenters. The third-order valence-corrected chi connectivity index (χ3v) is 5.45. The number of amides is 3. The fourth-order valence-corrected chi connectivity index (χ4v) is 4.07. The number of rotatable bonds is 3. The zero-order valence-corrected chi connectivity index (χ0v) is 15.4. The average molecular weight is 398 g/mol. The predicted octanol–water partition coefficient (Wildman–Crippen LogP) is 1.03. The Hall–Kier alpha value is -2.78. The highest BCUT2D eigenvalue weighted by molar-refractivity contribution is 6.01. The molecule has 3 amide bonds. The minimum atomic E-state index is -1.63. The molecule has 0 bridgehead atoms. The lowest BCUT2D eigenvalue weighted by atomic mass is 9.85. The molecule has 1 atom stereocenters. The number of nitrogens with zero attached hydrogens (tertiary/aromatic N) is 2. The molecule has 0 aromatic heterocycles. The van der Waals surface area contributed by atoms with Gasteiger partial charge in [0.1, 0.15) is 11.1 Å². The summed E-state index contributed by atoms with van der Waals surface area (Å²) in [5.41, 5.74) is 2.25. The molecule has 7 nitrogen and oxygen atoms in total. The van der Waals surface area contributed by atoms with Gasteiger partial charge < -0.3 is 20.9 Å². The average Bonchev–Trinajstić information content (AvgIpc) is 3.08. The van der Waals surface area contributed by atoms with E-state index < -0.39 is 46.1 Å². The topological polar surface area (TPSA) is 95.7 Å². The number of hydrogen-bond acceptors (Lipinski definition) is 4. The molecule has 0 radical (unpaired) electrons. The SMILES string of the molecule is CNC(=O)CN1CCC[C@]2(CCCN2C(=O)c2c(F)c(N)cc(F)c2F)C1=O. The van der Waals surface area contributed by atoms with E-state index in [4.69, 9.17) is 5.73 Å².